The van der Waals surface area contributed by atoms with Crippen molar-refractivity contribution >= 4 is 50.0 Å². The van der Waals surface area contributed by atoms with Gasteiger partial charge >= 0.3 is 0 Å². The van der Waals surface area contributed by atoms with Gasteiger partial charge in [-0.25, -0.2) is 0 Å². The van der Waals surface area contributed by atoms with Crippen molar-refractivity contribution < 1.29 is 18.3 Å². The molecule has 0 saturated carbocycles. The maximum atomic E-state index is 7.25. The first kappa shape index (κ1) is 33.8. The minimum absolute atomic E-state index is 0.0669. The summed E-state index contributed by atoms with van der Waals surface area (Å²) in [5, 5.41) is 2.45. The van der Waals surface area contributed by atoms with Crippen LogP contribution in [-0.2, 0) is 13.6 Å². The summed E-state index contributed by atoms with van der Waals surface area (Å²) in [7, 11) is -4.16. The Morgan fingerprint density at radius 2 is 1.48 bits per heavy atom. The van der Waals surface area contributed by atoms with E-state index >= 15 is 0 Å². The first-order valence-corrected chi connectivity index (χ1v) is 21.5. The molecule has 40 heavy (non-hydrogen) atoms. The average molecular weight is 697 g/mol. The monoisotopic (exact) mass is 696 g/mol. The Labute approximate surface area is 260 Å². The van der Waals surface area contributed by atoms with Crippen LogP contribution in [0.4, 0.5) is 0 Å². The number of rotatable bonds is 9. The van der Waals surface area contributed by atoms with Crippen LogP contribution in [0.5, 0.6) is 5.75 Å². The maximum absolute atomic E-state index is 7.25. The van der Waals surface area contributed by atoms with Crippen molar-refractivity contribution in [1.29, 1.82) is 0 Å². The summed E-state index contributed by atoms with van der Waals surface area (Å²) in [6.07, 6.45) is 1.01. The molecule has 0 unspecified atom stereocenters. The number of hydrogen-bond acceptors (Lipinski definition) is 4. The van der Waals surface area contributed by atoms with Crippen LogP contribution in [0.15, 0.2) is 52.6 Å². The van der Waals surface area contributed by atoms with Gasteiger partial charge in [0.05, 0.1) is 12.7 Å². The third kappa shape index (κ3) is 7.43. The summed E-state index contributed by atoms with van der Waals surface area (Å²) in [5.74, 6) is 0.879. The van der Waals surface area contributed by atoms with Gasteiger partial charge in [0.1, 0.15) is 23.1 Å². The molecule has 0 aromatic heterocycles. The van der Waals surface area contributed by atoms with Crippen molar-refractivity contribution in [2.24, 2.45) is 0 Å². The van der Waals surface area contributed by atoms with E-state index in [4.69, 9.17) is 18.3 Å². The molecule has 0 bridgehead atoms. The van der Waals surface area contributed by atoms with Gasteiger partial charge < -0.3 is 18.3 Å². The van der Waals surface area contributed by atoms with Crippen LogP contribution in [-0.4, -0.2) is 46.7 Å². The van der Waals surface area contributed by atoms with E-state index < -0.39 is 27.8 Å². The summed E-state index contributed by atoms with van der Waals surface area (Å²) >= 11 is 2.33. The van der Waals surface area contributed by atoms with Crippen LogP contribution in [0.25, 0.3) is 10.8 Å². The molecular weight excluding hydrogens is 643 g/mol. The molecule has 7 heteroatoms. The number of benzene rings is 2. The smallest absolute Gasteiger partial charge is 0.192 e. The number of fused-ring (bicyclic) bond motifs is 1. The third-order valence-electron chi connectivity index (χ3n) is 9.59. The quantitative estimate of drug-likeness (QED) is 0.193. The van der Waals surface area contributed by atoms with Gasteiger partial charge in [0.15, 0.2) is 16.6 Å². The molecule has 1 saturated heterocycles. The maximum Gasteiger partial charge on any atom is 0.192 e. The van der Waals surface area contributed by atoms with Gasteiger partial charge in [-0.1, -0.05) is 84.5 Å². The number of hydrogen-bond donors (Lipinski definition) is 0. The predicted octanol–water partition coefficient (Wildman–Crippen LogP) is 10.3. The molecule has 0 spiro atoms. The van der Waals surface area contributed by atoms with Gasteiger partial charge in [0.2, 0.25) is 0 Å². The molecule has 4 nitrogen and oxygen atoms in total. The average Bonchev–Trinajstić information content (AvgIpc) is 2.79. The largest absolute Gasteiger partial charge is 0.487 e. The normalized spacial score (nSPS) is 26.6. The van der Waals surface area contributed by atoms with E-state index in [-0.39, 0.29) is 22.3 Å². The summed E-state index contributed by atoms with van der Waals surface area (Å²) in [4.78, 5) is 0. The molecule has 1 heterocycles. The van der Waals surface area contributed by atoms with Crippen LogP contribution in [0.2, 0.25) is 36.3 Å². The van der Waals surface area contributed by atoms with Crippen LogP contribution in [0.1, 0.15) is 68.2 Å². The van der Waals surface area contributed by atoms with Gasteiger partial charge in [-0.2, -0.15) is 0 Å². The molecule has 0 radical (unpaired) electrons. The van der Waals surface area contributed by atoms with Crippen LogP contribution >= 0.6 is 22.6 Å². The second-order valence-corrected chi connectivity index (χ2v) is 26.2. The van der Waals surface area contributed by atoms with E-state index in [0.29, 0.717) is 19.4 Å². The second kappa shape index (κ2) is 11.8. The van der Waals surface area contributed by atoms with Crippen molar-refractivity contribution in [2.75, 3.05) is 6.61 Å². The van der Waals surface area contributed by atoms with Gasteiger partial charge in [-0.3, -0.25) is 0 Å². The molecule has 1 fully saturated rings. The molecular formula is C33H53IO4Si2. The van der Waals surface area contributed by atoms with Crippen molar-refractivity contribution in [3.05, 3.63) is 52.6 Å². The molecule has 4 atom stereocenters. The number of ether oxygens (including phenoxy) is 2. The fourth-order valence-electron chi connectivity index (χ4n) is 4.88. The first-order chi connectivity index (χ1) is 18.1. The lowest BCUT2D eigenvalue weighted by atomic mass is 9.81. The van der Waals surface area contributed by atoms with Gasteiger partial charge in [0, 0.05) is 18.2 Å². The Morgan fingerprint density at radius 1 is 0.900 bits per heavy atom. The van der Waals surface area contributed by atoms with E-state index in [9.17, 15) is 0 Å². The standard InChI is InChI=1S/C33H53IO4Si2/c1-24(34)22-32(8)28(36-27-20-16-18-25-17-14-15-19-26(25)27)21-29(37-40(12,13)31(5,6)7)33(9,38-32)23-35-39(10,11)30(2,3)4/h14-20,28-29H,1,21-23H2,2-13H3/t28-,29+,32+,33-/m1/s1. The molecule has 1 aliphatic heterocycles. The second-order valence-electron chi connectivity index (χ2n) is 15.2. The van der Waals surface area contributed by atoms with Crippen LogP contribution < -0.4 is 4.74 Å². The van der Waals surface area contributed by atoms with Crippen LogP contribution in [0, 0.1) is 0 Å². The zero-order chi connectivity index (χ0) is 30.4. The van der Waals surface area contributed by atoms with Crippen molar-refractivity contribution in [1.82, 2.24) is 0 Å². The molecule has 1 aliphatic rings. The highest BCUT2D eigenvalue weighted by molar-refractivity contribution is 14.1. The molecule has 0 N–H and O–H groups in total. The summed E-state index contributed by atoms with van der Waals surface area (Å²) in [5.41, 5.74) is -1.24. The fourth-order valence-corrected chi connectivity index (χ4v) is 8.13. The Morgan fingerprint density at radius 3 is 2.05 bits per heavy atom. The molecule has 3 rings (SSSR count). The predicted molar refractivity (Wildman–Crippen MR) is 184 cm³/mol. The van der Waals surface area contributed by atoms with Crippen molar-refractivity contribution in [2.45, 2.75) is 128 Å². The lowest BCUT2D eigenvalue weighted by Crippen LogP contribution is -2.66. The van der Waals surface area contributed by atoms with E-state index in [1.54, 1.807) is 0 Å². The molecule has 224 valence electrons. The van der Waals surface area contributed by atoms with E-state index in [0.717, 1.165) is 14.7 Å². The Kier molecular flexibility index (Phi) is 9.93. The van der Waals surface area contributed by atoms with Crippen molar-refractivity contribution in [3.8, 4) is 5.75 Å². The minimum Gasteiger partial charge on any atom is -0.487 e. The number of halogens is 1. The zero-order valence-electron chi connectivity index (χ0n) is 27.0. The van der Waals surface area contributed by atoms with Gasteiger partial charge in [0.25, 0.3) is 0 Å². The lowest BCUT2D eigenvalue weighted by Gasteiger charge is -2.56. The SMILES string of the molecule is C=C(I)C[C@]1(C)O[C@](C)(CO[Si](C)(C)C(C)(C)C)[C@@H](O[Si](C)(C)C(C)(C)C)C[C@H]1Oc1cccc2ccccc12. The minimum atomic E-state index is -2.14. The lowest BCUT2D eigenvalue weighted by molar-refractivity contribution is -0.261. The van der Waals surface area contributed by atoms with Crippen molar-refractivity contribution in [3.63, 3.8) is 0 Å². The summed E-state index contributed by atoms with van der Waals surface area (Å²) < 4.78 is 29.3. The van der Waals surface area contributed by atoms with Gasteiger partial charge in [-0.05, 0) is 87.7 Å². The Bertz CT molecular complexity index is 1190. The summed E-state index contributed by atoms with van der Waals surface area (Å²) in [6, 6.07) is 14.7. The highest BCUT2D eigenvalue weighted by Gasteiger charge is 2.56. The fraction of sp³-hybridized carbons (Fsp3) is 0.636. The van der Waals surface area contributed by atoms with Gasteiger partial charge in [-0.15, -0.1) is 0 Å². The topological polar surface area (TPSA) is 36.9 Å². The Hall–Kier alpha value is -0.716. The molecule has 0 amide bonds. The Balaban J connectivity index is 2.07. The summed E-state index contributed by atoms with van der Waals surface area (Å²) in [6.45, 7) is 32.1. The van der Waals surface area contributed by atoms with E-state index in [1.807, 2.05) is 0 Å². The molecule has 2 aromatic rings. The third-order valence-corrected chi connectivity index (χ3v) is 18.9. The highest BCUT2D eigenvalue weighted by Crippen LogP contribution is 2.48. The van der Waals surface area contributed by atoms with Crippen LogP contribution in [0.3, 0.4) is 0 Å². The molecule has 2 aromatic carbocycles. The zero-order valence-corrected chi connectivity index (χ0v) is 31.2. The van der Waals surface area contributed by atoms with E-state index in [1.165, 1.54) is 5.39 Å². The highest BCUT2D eigenvalue weighted by atomic mass is 127. The molecule has 0 aliphatic carbocycles. The first-order valence-electron chi connectivity index (χ1n) is 14.6. The van der Waals surface area contributed by atoms with E-state index in [2.05, 4.69) is 153 Å².